The molecule has 2 heterocycles. The molecule has 3 rings (SSSR count). The van der Waals surface area contributed by atoms with Crippen LogP contribution in [0.25, 0.3) is 0 Å². The Hall–Kier alpha value is -3.21. The zero-order valence-corrected chi connectivity index (χ0v) is 14.2. The predicted molar refractivity (Wildman–Crippen MR) is 100 cm³/mol. The van der Waals surface area contributed by atoms with Gasteiger partial charge in [0.15, 0.2) is 0 Å². The SMILES string of the molecule is CC(C)c1ccc(Nc2ccc(NC(=O)c3cccnc3)cn2)cc1. The van der Waals surface area contributed by atoms with Gasteiger partial charge in [0.2, 0.25) is 0 Å². The van der Waals surface area contributed by atoms with Crippen LogP contribution < -0.4 is 10.6 Å². The first-order valence-corrected chi connectivity index (χ1v) is 8.16. The van der Waals surface area contributed by atoms with Gasteiger partial charge < -0.3 is 10.6 Å². The number of carbonyl (C=O) groups excluding carboxylic acids is 1. The number of amides is 1. The Balaban J connectivity index is 1.63. The Kier molecular flexibility index (Phi) is 5.04. The van der Waals surface area contributed by atoms with Gasteiger partial charge in [-0.25, -0.2) is 4.98 Å². The number of hydrogen-bond acceptors (Lipinski definition) is 4. The number of nitrogens with zero attached hydrogens (tertiary/aromatic N) is 2. The number of rotatable bonds is 5. The maximum atomic E-state index is 12.1. The number of benzene rings is 1. The lowest BCUT2D eigenvalue weighted by atomic mass is 10.0. The van der Waals surface area contributed by atoms with E-state index in [-0.39, 0.29) is 5.91 Å². The van der Waals surface area contributed by atoms with Crippen molar-refractivity contribution in [3.63, 3.8) is 0 Å². The second-order valence-corrected chi connectivity index (χ2v) is 6.03. The third kappa shape index (κ3) is 4.41. The summed E-state index contributed by atoms with van der Waals surface area (Å²) in [5.41, 5.74) is 3.42. The molecule has 0 atom stereocenters. The van der Waals surface area contributed by atoms with Crippen molar-refractivity contribution in [3.8, 4) is 0 Å². The molecule has 0 unspecified atom stereocenters. The second-order valence-electron chi connectivity index (χ2n) is 6.03. The fourth-order valence-corrected chi connectivity index (χ4v) is 2.34. The summed E-state index contributed by atoms with van der Waals surface area (Å²) in [5.74, 6) is 1.02. The second kappa shape index (κ2) is 7.57. The van der Waals surface area contributed by atoms with Gasteiger partial charge in [0.05, 0.1) is 17.4 Å². The highest BCUT2D eigenvalue weighted by molar-refractivity contribution is 6.03. The van der Waals surface area contributed by atoms with E-state index < -0.39 is 0 Å². The molecule has 5 nitrogen and oxygen atoms in total. The van der Waals surface area contributed by atoms with Gasteiger partial charge in [-0.05, 0) is 47.9 Å². The molecular weight excluding hydrogens is 312 g/mol. The minimum Gasteiger partial charge on any atom is -0.340 e. The molecule has 1 aromatic carbocycles. The number of pyridine rings is 2. The van der Waals surface area contributed by atoms with E-state index in [1.54, 1.807) is 24.5 Å². The number of anilines is 3. The van der Waals surface area contributed by atoms with Crippen molar-refractivity contribution >= 4 is 23.1 Å². The number of carbonyl (C=O) groups is 1. The molecule has 0 aliphatic carbocycles. The smallest absolute Gasteiger partial charge is 0.257 e. The Morgan fingerprint density at radius 2 is 1.72 bits per heavy atom. The lowest BCUT2D eigenvalue weighted by Crippen LogP contribution is -2.12. The maximum Gasteiger partial charge on any atom is 0.257 e. The van der Waals surface area contributed by atoms with E-state index in [0.29, 0.717) is 17.2 Å². The van der Waals surface area contributed by atoms with E-state index in [0.717, 1.165) is 11.5 Å². The summed E-state index contributed by atoms with van der Waals surface area (Å²) in [6, 6.07) is 15.4. The van der Waals surface area contributed by atoms with E-state index in [4.69, 9.17) is 0 Å². The largest absolute Gasteiger partial charge is 0.340 e. The van der Waals surface area contributed by atoms with E-state index in [1.165, 1.54) is 11.8 Å². The number of hydrogen-bond donors (Lipinski definition) is 2. The highest BCUT2D eigenvalue weighted by atomic mass is 16.1. The molecule has 2 aromatic heterocycles. The van der Waals surface area contributed by atoms with E-state index in [1.807, 2.05) is 24.3 Å². The molecule has 25 heavy (non-hydrogen) atoms. The molecule has 0 saturated heterocycles. The van der Waals surface area contributed by atoms with Gasteiger partial charge in [-0.2, -0.15) is 0 Å². The van der Waals surface area contributed by atoms with Gasteiger partial charge in [0.25, 0.3) is 5.91 Å². The van der Waals surface area contributed by atoms with Gasteiger partial charge in [-0.15, -0.1) is 0 Å². The molecule has 0 aliphatic heterocycles. The minimum absolute atomic E-state index is 0.208. The van der Waals surface area contributed by atoms with Crippen molar-refractivity contribution in [2.45, 2.75) is 19.8 Å². The molecule has 1 amide bonds. The first-order valence-electron chi connectivity index (χ1n) is 8.16. The maximum absolute atomic E-state index is 12.1. The first kappa shape index (κ1) is 16.6. The van der Waals surface area contributed by atoms with Crippen LogP contribution in [-0.2, 0) is 0 Å². The van der Waals surface area contributed by atoms with Crippen molar-refractivity contribution in [2.75, 3.05) is 10.6 Å². The summed E-state index contributed by atoms with van der Waals surface area (Å²) < 4.78 is 0. The van der Waals surface area contributed by atoms with E-state index in [9.17, 15) is 4.79 Å². The van der Waals surface area contributed by atoms with Gasteiger partial charge >= 0.3 is 0 Å². The van der Waals surface area contributed by atoms with Gasteiger partial charge in [-0.3, -0.25) is 9.78 Å². The van der Waals surface area contributed by atoms with Gasteiger partial charge in [0.1, 0.15) is 5.82 Å². The molecule has 0 spiro atoms. The molecule has 0 aliphatic rings. The lowest BCUT2D eigenvalue weighted by Gasteiger charge is -2.09. The van der Waals surface area contributed by atoms with Crippen LogP contribution in [0, 0.1) is 0 Å². The first-order chi connectivity index (χ1) is 12.1. The summed E-state index contributed by atoms with van der Waals surface area (Å²) in [4.78, 5) is 20.4. The average Bonchev–Trinajstić information content (AvgIpc) is 2.64. The Labute approximate surface area is 147 Å². The molecule has 0 bridgehead atoms. The van der Waals surface area contributed by atoms with Crippen molar-refractivity contribution in [1.82, 2.24) is 9.97 Å². The number of nitrogens with one attached hydrogen (secondary N) is 2. The highest BCUT2D eigenvalue weighted by Crippen LogP contribution is 2.20. The fourth-order valence-electron chi connectivity index (χ4n) is 2.34. The lowest BCUT2D eigenvalue weighted by molar-refractivity contribution is 0.102. The highest BCUT2D eigenvalue weighted by Gasteiger charge is 2.06. The summed E-state index contributed by atoms with van der Waals surface area (Å²) >= 11 is 0. The fraction of sp³-hybridized carbons (Fsp3) is 0.150. The Bertz CT molecular complexity index is 828. The molecule has 0 fully saturated rings. The predicted octanol–water partition coefficient (Wildman–Crippen LogP) is 4.60. The topological polar surface area (TPSA) is 66.9 Å². The molecule has 0 radical (unpaired) electrons. The van der Waals surface area contributed by atoms with E-state index >= 15 is 0 Å². The molecule has 3 aromatic rings. The summed E-state index contributed by atoms with van der Waals surface area (Å²) in [6.07, 6.45) is 4.78. The quantitative estimate of drug-likeness (QED) is 0.717. The van der Waals surface area contributed by atoms with Crippen LogP contribution in [-0.4, -0.2) is 15.9 Å². The summed E-state index contributed by atoms with van der Waals surface area (Å²) in [5, 5.41) is 6.05. The zero-order chi connectivity index (χ0) is 17.6. The molecule has 126 valence electrons. The summed E-state index contributed by atoms with van der Waals surface area (Å²) in [7, 11) is 0. The van der Waals surface area contributed by atoms with E-state index in [2.05, 4.69) is 46.6 Å². The minimum atomic E-state index is -0.208. The van der Waals surface area contributed by atoms with Crippen molar-refractivity contribution in [1.29, 1.82) is 0 Å². The Morgan fingerprint density at radius 1 is 0.960 bits per heavy atom. The van der Waals surface area contributed by atoms with Crippen LogP contribution in [0.15, 0.2) is 67.1 Å². The average molecular weight is 332 g/mol. The van der Waals surface area contributed by atoms with Crippen molar-refractivity contribution in [2.24, 2.45) is 0 Å². The van der Waals surface area contributed by atoms with Crippen LogP contribution in [0.1, 0.15) is 35.7 Å². The van der Waals surface area contributed by atoms with Crippen LogP contribution >= 0.6 is 0 Å². The standard InChI is InChI=1S/C20H20N4O/c1-14(2)15-5-7-17(8-6-15)23-19-10-9-18(13-22-19)24-20(25)16-4-3-11-21-12-16/h3-14H,1-2H3,(H,22,23)(H,24,25). The Morgan fingerprint density at radius 3 is 2.32 bits per heavy atom. The number of aromatic nitrogens is 2. The third-order valence-electron chi connectivity index (χ3n) is 3.79. The monoisotopic (exact) mass is 332 g/mol. The third-order valence-corrected chi connectivity index (χ3v) is 3.79. The molecule has 0 saturated carbocycles. The van der Waals surface area contributed by atoms with Crippen LogP contribution in [0.5, 0.6) is 0 Å². The zero-order valence-electron chi connectivity index (χ0n) is 14.2. The molecule has 5 heteroatoms. The van der Waals surface area contributed by atoms with Crippen LogP contribution in [0.3, 0.4) is 0 Å². The summed E-state index contributed by atoms with van der Waals surface area (Å²) in [6.45, 7) is 4.34. The van der Waals surface area contributed by atoms with Crippen molar-refractivity contribution < 1.29 is 4.79 Å². The van der Waals surface area contributed by atoms with Crippen molar-refractivity contribution in [3.05, 3.63) is 78.2 Å². The van der Waals surface area contributed by atoms with Crippen LogP contribution in [0.2, 0.25) is 0 Å². The molecular formula is C20H20N4O. The van der Waals surface area contributed by atoms with Gasteiger partial charge in [0, 0.05) is 18.1 Å². The van der Waals surface area contributed by atoms with Gasteiger partial charge in [-0.1, -0.05) is 26.0 Å². The van der Waals surface area contributed by atoms with Crippen LogP contribution in [0.4, 0.5) is 17.2 Å². The normalized spacial score (nSPS) is 10.5. The molecule has 2 N–H and O–H groups in total.